The Kier molecular flexibility index (Phi) is 3.27. The fraction of sp³-hybridized carbons (Fsp3) is 0.250. The summed E-state index contributed by atoms with van der Waals surface area (Å²) in [6.07, 6.45) is -2.80. The molecule has 0 aromatic heterocycles. The van der Waals surface area contributed by atoms with Crippen LogP contribution in [0.1, 0.15) is 17.6 Å². The van der Waals surface area contributed by atoms with Gasteiger partial charge in [0.1, 0.15) is 5.82 Å². The van der Waals surface area contributed by atoms with Gasteiger partial charge in [-0.2, -0.15) is 0 Å². The van der Waals surface area contributed by atoms with Crippen LogP contribution in [0.2, 0.25) is 0 Å². The minimum Gasteiger partial charge on any atom is -0.300 e. The van der Waals surface area contributed by atoms with E-state index in [0.29, 0.717) is 5.56 Å². The van der Waals surface area contributed by atoms with Crippen molar-refractivity contribution in [3.63, 3.8) is 0 Å². The van der Waals surface area contributed by atoms with Crippen LogP contribution in [-0.2, 0) is 11.4 Å². The third-order valence-electron chi connectivity index (χ3n) is 1.55. The van der Waals surface area contributed by atoms with Crippen molar-refractivity contribution in [2.45, 2.75) is 13.0 Å². The molecule has 0 heterocycles. The summed E-state index contributed by atoms with van der Waals surface area (Å²) in [4.78, 5) is 4.23. The second-order valence-electron chi connectivity index (χ2n) is 2.47. The maximum absolute atomic E-state index is 12.8. The molecule has 1 aromatic carbocycles. The molecule has 1 rings (SSSR count). The van der Waals surface area contributed by atoms with Gasteiger partial charge in [-0.3, -0.25) is 4.84 Å². The van der Waals surface area contributed by atoms with Crippen molar-refractivity contribution in [1.82, 2.24) is 0 Å². The lowest BCUT2D eigenvalue weighted by Crippen LogP contribution is -2.00. The number of hydrogen-bond acceptors (Lipinski definition) is 2. The van der Waals surface area contributed by atoms with E-state index in [1.165, 1.54) is 6.07 Å². The smallest absolute Gasteiger partial charge is 0.266 e. The van der Waals surface area contributed by atoms with E-state index in [9.17, 15) is 13.2 Å². The van der Waals surface area contributed by atoms with Gasteiger partial charge in [-0.15, -0.1) is 0 Å². The van der Waals surface area contributed by atoms with E-state index in [4.69, 9.17) is 5.90 Å². The Labute approximate surface area is 73.1 Å². The summed E-state index contributed by atoms with van der Waals surface area (Å²) < 4.78 is 36.9. The zero-order valence-corrected chi connectivity index (χ0v) is 6.64. The Hall–Kier alpha value is -1.07. The molecule has 0 unspecified atom stereocenters. The molecule has 2 nitrogen and oxygen atoms in total. The van der Waals surface area contributed by atoms with Gasteiger partial charge in [0.05, 0.1) is 12.2 Å². The summed E-state index contributed by atoms with van der Waals surface area (Å²) in [5.41, 5.74) is -0.190. The lowest BCUT2D eigenvalue weighted by Gasteiger charge is -2.03. The summed E-state index contributed by atoms with van der Waals surface area (Å²) >= 11 is 0. The Morgan fingerprint density at radius 3 is 2.54 bits per heavy atom. The van der Waals surface area contributed by atoms with Gasteiger partial charge in [0.25, 0.3) is 6.43 Å². The summed E-state index contributed by atoms with van der Waals surface area (Å²) in [5.74, 6) is 3.80. The first-order valence-electron chi connectivity index (χ1n) is 3.53. The van der Waals surface area contributed by atoms with Crippen molar-refractivity contribution in [2.24, 2.45) is 5.90 Å². The average molecular weight is 191 g/mol. The van der Waals surface area contributed by atoms with Crippen LogP contribution in [0.3, 0.4) is 0 Å². The number of halogens is 3. The highest BCUT2D eigenvalue weighted by atomic mass is 19.3. The predicted molar refractivity (Wildman–Crippen MR) is 40.3 cm³/mol. The number of benzene rings is 1. The summed E-state index contributed by atoms with van der Waals surface area (Å²) in [7, 11) is 0. The van der Waals surface area contributed by atoms with Crippen LogP contribution in [0.4, 0.5) is 13.2 Å². The van der Waals surface area contributed by atoms with E-state index in [2.05, 4.69) is 4.84 Å². The minimum atomic E-state index is -2.80. The van der Waals surface area contributed by atoms with E-state index >= 15 is 0 Å². The van der Waals surface area contributed by atoms with Crippen molar-refractivity contribution in [1.29, 1.82) is 0 Å². The van der Waals surface area contributed by atoms with Crippen LogP contribution in [0, 0.1) is 5.82 Å². The molecule has 0 saturated carbocycles. The molecule has 0 spiro atoms. The third kappa shape index (κ3) is 2.43. The van der Waals surface area contributed by atoms with E-state index in [-0.39, 0.29) is 6.61 Å². The molecule has 0 aliphatic heterocycles. The first-order valence-corrected chi connectivity index (χ1v) is 3.53. The second-order valence-corrected chi connectivity index (χ2v) is 2.47. The molecule has 5 heteroatoms. The first-order chi connectivity index (χ1) is 6.15. The molecule has 2 N–H and O–H groups in total. The van der Waals surface area contributed by atoms with Gasteiger partial charge < -0.3 is 0 Å². The van der Waals surface area contributed by atoms with Gasteiger partial charge >= 0.3 is 0 Å². The molecule has 0 atom stereocenters. The SMILES string of the molecule is NOCc1ccc(C(F)F)c(F)c1. The number of hydrogen-bond donors (Lipinski definition) is 1. The van der Waals surface area contributed by atoms with Crippen LogP contribution in [0.5, 0.6) is 0 Å². The van der Waals surface area contributed by atoms with Crippen LogP contribution >= 0.6 is 0 Å². The Bertz CT molecular complexity index is 291. The van der Waals surface area contributed by atoms with Gasteiger partial charge in [-0.05, 0) is 11.6 Å². The van der Waals surface area contributed by atoms with E-state index < -0.39 is 17.8 Å². The third-order valence-corrected chi connectivity index (χ3v) is 1.55. The van der Waals surface area contributed by atoms with Crippen molar-refractivity contribution in [3.05, 3.63) is 35.1 Å². The molecule has 0 aliphatic rings. The molecule has 13 heavy (non-hydrogen) atoms. The topological polar surface area (TPSA) is 35.2 Å². The Morgan fingerprint density at radius 1 is 1.38 bits per heavy atom. The van der Waals surface area contributed by atoms with Crippen molar-refractivity contribution in [3.8, 4) is 0 Å². The van der Waals surface area contributed by atoms with E-state index in [1.54, 1.807) is 0 Å². The van der Waals surface area contributed by atoms with Crippen molar-refractivity contribution in [2.75, 3.05) is 0 Å². The largest absolute Gasteiger partial charge is 0.300 e. The number of alkyl halides is 2. The maximum atomic E-state index is 12.8. The number of nitrogens with two attached hydrogens (primary N) is 1. The normalized spacial score (nSPS) is 10.8. The molecule has 0 amide bonds. The van der Waals surface area contributed by atoms with Gasteiger partial charge in [-0.25, -0.2) is 19.1 Å². The fourth-order valence-electron chi connectivity index (χ4n) is 0.934. The molecular formula is C8H8F3NO. The monoisotopic (exact) mass is 191 g/mol. The molecule has 0 bridgehead atoms. The quantitative estimate of drug-likeness (QED) is 0.743. The first kappa shape index (κ1) is 10.0. The average Bonchev–Trinajstić information content (AvgIpc) is 2.04. The van der Waals surface area contributed by atoms with Crippen molar-refractivity contribution < 1.29 is 18.0 Å². The van der Waals surface area contributed by atoms with Crippen LogP contribution in [0.25, 0.3) is 0 Å². The molecule has 0 fully saturated rings. The van der Waals surface area contributed by atoms with Crippen LogP contribution in [0.15, 0.2) is 18.2 Å². The lowest BCUT2D eigenvalue weighted by atomic mass is 10.1. The maximum Gasteiger partial charge on any atom is 0.266 e. The highest BCUT2D eigenvalue weighted by molar-refractivity contribution is 5.24. The molecule has 0 aliphatic carbocycles. The van der Waals surface area contributed by atoms with Crippen molar-refractivity contribution >= 4 is 0 Å². The molecule has 72 valence electrons. The lowest BCUT2D eigenvalue weighted by molar-refractivity contribution is 0.123. The molecule has 0 saturated heterocycles. The summed E-state index contributed by atoms with van der Waals surface area (Å²) in [6.45, 7) is 0.000435. The molecule has 0 radical (unpaired) electrons. The standard InChI is InChI=1S/C8H8F3NO/c9-7-3-5(4-13-12)1-2-6(7)8(10)11/h1-3,8H,4,12H2. The molecular weight excluding hydrogens is 183 g/mol. The van der Waals surface area contributed by atoms with E-state index in [0.717, 1.165) is 12.1 Å². The Morgan fingerprint density at radius 2 is 2.08 bits per heavy atom. The van der Waals surface area contributed by atoms with Gasteiger partial charge in [0.2, 0.25) is 0 Å². The summed E-state index contributed by atoms with van der Waals surface area (Å²) in [6, 6.07) is 3.35. The summed E-state index contributed by atoms with van der Waals surface area (Å²) in [5, 5.41) is 0. The highest BCUT2D eigenvalue weighted by Crippen LogP contribution is 2.22. The van der Waals surface area contributed by atoms with Crippen LogP contribution in [-0.4, -0.2) is 0 Å². The minimum absolute atomic E-state index is 0.000435. The number of rotatable bonds is 3. The van der Waals surface area contributed by atoms with Gasteiger partial charge in [-0.1, -0.05) is 12.1 Å². The second kappa shape index (κ2) is 4.25. The zero-order chi connectivity index (χ0) is 9.84. The predicted octanol–water partition coefficient (Wildman–Crippen LogP) is 2.15. The fourth-order valence-corrected chi connectivity index (χ4v) is 0.934. The highest BCUT2D eigenvalue weighted by Gasteiger charge is 2.12. The van der Waals surface area contributed by atoms with Crippen LogP contribution < -0.4 is 5.90 Å². The van der Waals surface area contributed by atoms with Gasteiger partial charge in [0, 0.05) is 0 Å². The molecule has 1 aromatic rings. The van der Waals surface area contributed by atoms with Gasteiger partial charge in [0.15, 0.2) is 0 Å². The van der Waals surface area contributed by atoms with E-state index in [1.807, 2.05) is 0 Å². The zero-order valence-electron chi connectivity index (χ0n) is 6.64. The Balaban J connectivity index is 2.92.